The number of rotatable bonds is 4. The van der Waals surface area contributed by atoms with Gasteiger partial charge in [0.25, 0.3) is 0 Å². The highest BCUT2D eigenvalue weighted by Crippen LogP contribution is 2.33. The quantitative estimate of drug-likeness (QED) is 0.555. The van der Waals surface area contributed by atoms with Crippen LogP contribution in [0.5, 0.6) is 5.75 Å². The van der Waals surface area contributed by atoms with Gasteiger partial charge in [-0.3, -0.25) is 0 Å². The molecule has 0 bridgehead atoms. The Bertz CT molecular complexity index is 626. The summed E-state index contributed by atoms with van der Waals surface area (Å²) in [6, 6.07) is 8.72. The third kappa shape index (κ3) is 3.50. The van der Waals surface area contributed by atoms with Crippen LogP contribution in [0.2, 0.25) is 0 Å². The highest BCUT2D eigenvalue weighted by Gasteiger charge is 2.20. The van der Waals surface area contributed by atoms with Crippen LogP contribution in [-0.2, 0) is 0 Å². The Hall–Kier alpha value is -1.68. The first-order valence-corrected chi connectivity index (χ1v) is 6.88. The number of ether oxygens (including phenoxy) is 1. The molecule has 0 amide bonds. The highest BCUT2D eigenvalue weighted by atomic mass is 35.5. The van der Waals surface area contributed by atoms with Crippen LogP contribution < -0.4 is 4.74 Å². The Morgan fingerprint density at radius 3 is 2.10 bits per heavy atom. The van der Waals surface area contributed by atoms with E-state index in [0.717, 1.165) is 12.1 Å². The average molecular weight is 315 g/mol. The van der Waals surface area contributed by atoms with Crippen molar-refractivity contribution in [2.24, 2.45) is 0 Å². The molecule has 1 unspecified atom stereocenters. The standard InChI is InChI=1S/C16H14ClF3O/c1-9(2)21-11-5-3-10(4-6-11)14(17)12-7-8-13(18)16(20)15(12)19/h3-9,14H,1-2H3. The molecule has 21 heavy (non-hydrogen) atoms. The molecule has 0 aliphatic rings. The first-order chi connectivity index (χ1) is 9.90. The lowest BCUT2D eigenvalue weighted by molar-refractivity contribution is 0.242. The molecule has 1 nitrogen and oxygen atoms in total. The molecule has 112 valence electrons. The molecule has 1 atom stereocenters. The molecule has 2 aromatic carbocycles. The summed E-state index contributed by atoms with van der Waals surface area (Å²) in [6.45, 7) is 3.80. The van der Waals surface area contributed by atoms with Gasteiger partial charge in [0.1, 0.15) is 5.75 Å². The Balaban J connectivity index is 2.28. The molecule has 5 heteroatoms. The molecule has 0 fully saturated rings. The summed E-state index contributed by atoms with van der Waals surface area (Å²) in [5.74, 6) is -3.36. The molecule has 0 spiro atoms. The molecule has 0 radical (unpaired) electrons. The predicted molar refractivity (Wildman–Crippen MR) is 76.2 cm³/mol. The van der Waals surface area contributed by atoms with E-state index in [4.69, 9.17) is 16.3 Å². The fourth-order valence-electron chi connectivity index (χ4n) is 1.90. The van der Waals surface area contributed by atoms with E-state index in [9.17, 15) is 13.2 Å². The van der Waals surface area contributed by atoms with E-state index >= 15 is 0 Å². The minimum Gasteiger partial charge on any atom is -0.491 e. The molecule has 2 aromatic rings. The third-order valence-electron chi connectivity index (χ3n) is 2.88. The first kappa shape index (κ1) is 15.7. The SMILES string of the molecule is CC(C)Oc1ccc(C(Cl)c2ccc(F)c(F)c2F)cc1. The highest BCUT2D eigenvalue weighted by molar-refractivity contribution is 6.22. The van der Waals surface area contributed by atoms with E-state index in [0.29, 0.717) is 11.3 Å². The largest absolute Gasteiger partial charge is 0.491 e. The van der Waals surface area contributed by atoms with Crippen molar-refractivity contribution >= 4 is 11.6 Å². The summed E-state index contributed by atoms with van der Waals surface area (Å²) in [5, 5.41) is -0.909. The lowest BCUT2D eigenvalue weighted by atomic mass is 10.0. The molecule has 0 aliphatic heterocycles. The maximum absolute atomic E-state index is 13.7. The molecule has 0 aromatic heterocycles. The molecule has 0 aliphatic carbocycles. The van der Waals surface area contributed by atoms with Gasteiger partial charge >= 0.3 is 0 Å². The van der Waals surface area contributed by atoms with Gasteiger partial charge in [-0.1, -0.05) is 18.2 Å². The van der Waals surface area contributed by atoms with Crippen LogP contribution in [0.1, 0.15) is 30.4 Å². The fraction of sp³-hybridized carbons (Fsp3) is 0.250. The van der Waals surface area contributed by atoms with E-state index in [2.05, 4.69) is 0 Å². The molecular formula is C16H14ClF3O. The number of benzene rings is 2. The summed E-state index contributed by atoms with van der Waals surface area (Å²) in [6.07, 6.45) is 0.0336. The van der Waals surface area contributed by atoms with Crippen molar-refractivity contribution in [1.82, 2.24) is 0 Å². The van der Waals surface area contributed by atoms with Gasteiger partial charge in [-0.05, 0) is 37.6 Å². The first-order valence-electron chi connectivity index (χ1n) is 6.44. The summed E-state index contributed by atoms with van der Waals surface area (Å²) in [4.78, 5) is 0. The van der Waals surface area contributed by atoms with E-state index < -0.39 is 22.8 Å². The fourth-order valence-corrected chi connectivity index (χ4v) is 2.22. The van der Waals surface area contributed by atoms with Crippen LogP contribution in [0.3, 0.4) is 0 Å². The van der Waals surface area contributed by atoms with Crippen LogP contribution in [0.4, 0.5) is 13.2 Å². The van der Waals surface area contributed by atoms with Crippen molar-refractivity contribution < 1.29 is 17.9 Å². The van der Waals surface area contributed by atoms with Crippen molar-refractivity contribution in [2.75, 3.05) is 0 Å². The molecular weight excluding hydrogens is 301 g/mol. The van der Waals surface area contributed by atoms with Crippen LogP contribution in [0.25, 0.3) is 0 Å². The monoisotopic (exact) mass is 314 g/mol. The van der Waals surface area contributed by atoms with E-state index in [1.54, 1.807) is 24.3 Å². The Kier molecular flexibility index (Phi) is 4.78. The molecule has 2 rings (SSSR count). The second-order valence-electron chi connectivity index (χ2n) is 4.86. The Morgan fingerprint density at radius 2 is 1.52 bits per heavy atom. The predicted octanol–water partition coefficient (Wildman–Crippen LogP) is 5.22. The molecule has 0 N–H and O–H groups in total. The van der Waals surface area contributed by atoms with Crippen molar-refractivity contribution in [3.8, 4) is 5.75 Å². The molecule has 0 saturated carbocycles. The van der Waals surface area contributed by atoms with Gasteiger partial charge in [-0.25, -0.2) is 13.2 Å². The van der Waals surface area contributed by atoms with Crippen molar-refractivity contribution in [3.63, 3.8) is 0 Å². The third-order valence-corrected chi connectivity index (χ3v) is 3.37. The zero-order valence-corrected chi connectivity index (χ0v) is 12.3. The number of halogens is 4. The van der Waals surface area contributed by atoms with Gasteiger partial charge in [0.2, 0.25) is 0 Å². The van der Waals surface area contributed by atoms with E-state index in [1.165, 1.54) is 0 Å². The maximum Gasteiger partial charge on any atom is 0.194 e. The van der Waals surface area contributed by atoms with Gasteiger partial charge in [-0.15, -0.1) is 11.6 Å². The number of hydrogen-bond donors (Lipinski definition) is 0. The Labute approximate surface area is 126 Å². The zero-order valence-electron chi connectivity index (χ0n) is 11.5. The average Bonchev–Trinajstić information content (AvgIpc) is 2.44. The van der Waals surface area contributed by atoms with Crippen LogP contribution in [-0.4, -0.2) is 6.10 Å². The maximum atomic E-state index is 13.7. The lowest BCUT2D eigenvalue weighted by Gasteiger charge is -2.14. The summed E-state index contributed by atoms with van der Waals surface area (Å²) in [5.41, 5.74) is 0.464. The van der Waals surface area contributed by atoms with E-state index in [1.807, 2.05) is 13.8 Å². The lowest BCUT2D eigenvalue weighted by Crippen LogP contribution is -2.06. The van der Waals surface area contributed by atoms with Gasteiger partial charge in [0, 0.05) is 5.56 Å². The summed E-state index contributed by atoms with van der Waals surface area (Å²) < 4.78 is 45.4. The minimum absolute atomic E-state index is 0.0336. The second-order valence-corrected chi connectivity index (χ2v) is 5.30. The van der Waals surface area contributed by atoms with Crippen molar-refractivity contribution in [3.05, 3.63) is 65.0 Å². The van der Waals surface area contributed by atoms with Gasteiger partial charge in [0.05, 0.1) is 11.5 Å². The number of hydrogen-bond acceptors (Lipinski definition) is 1. The Morgan fingerprint density at radius 1 is 0.905 bits per heavy atom. The normalized spacial score (nSPS) is 12.5. The topological polar surface area (TPSA) is 9.23 Å². The van der Waals surface area contributed by atoms with Gasteiger partial charge in [-0.2, -0.15) is 0 Å². The van der Waals surface area contributed by atoms with Crippen molar-refractivity contribution in [1.29, 1.82) is 0 Å². The van der Waals surface area contributed by atoms with Crippen LogP contribution in [0.15, 0.2) is 36.4 Å². The van der Waals surface area contributed by atoms with Crippen LogP contribution >= 0.6 is 11.6 Å². The van der Waals surface area contributed by atoms with Crippen molar-refractivity contribution in [2.45, 2.75) is 25.3 Å². The second kappa shape index (κ2) is 6.39. The smallest absolute Gasteiger partial charge is 0.194 e. The van der Waals surface area contributed by atoms with Gasteiger partial charge in [0.15, 0.2) is 17.5 Å². The molecule has 0 saturated heterocycles. The van der Waals surface area contributed by atoms with Crippen LogP contribution in [0, 0.1) is 17.5 Å². The zero-order chi connectivity index (χ0) is 15.6. The number of alkyl halides is 1. The minimum atomic E-state index is -1.52. The molecule has 0 heterocycles. The summed E-state index contributed by atoms with van der Waals surface area (Å²) in [7, 11) is 0. The summed E-state index contributed by atoms with van der Waals surface area (Å²) >= 11 is 6.15. The van der Waals surface area contributed by atoms with Gasteiger partial charge < -0.3 is 4.74 Å². The van der Waals surface area contributed by atoms with E-state index in [-0.39, 0.29) is 11.7 Å².